The van der Waals surface area contributed by atoms with Crippen molar-refractivity contribution in [2.24, 2.45) is 5.92 Å². The van der Waals surface area contributed by atoms with Gasteiger partial charge in [-0.15, -0.1) is 0 Å². The van der Waals surface area contributed by atoms with Crippen LogP contribution in [0.2, 0.25) is 0 Å². The Balaban J connectivity index is 1.35. The molecule has 180 valence electrons. The minimum Gasteiger partial charge on any atom is -0.327 e. The Hall–Kier alpha value is -3.11. The van der Waals surface area contributed by atoms with E-state index in [4.69, 9.17) is 0 Å². The van der Waals surface area contributed by atoms with Crippen molar-refractivity contribution in [3.63, 3.8) is 0 Å². The van der Waals surface area contributed by atoms with E-state index in [0.717, 1.165) is 42.6 Å². The molecule has 4 rings (SSSR count). The molecule has 2 fully saturated rings. The number of para-hydroxylation sites is 1. The van der Waals surface area contributed by atoms with E-state index in [1.807, 2.05) is 44.2 Å². The molecule has 0 bridgehead atoms. The summed E-state index contributed by atoms with van der Waals surface area (Å²) in [7, 11) is 0. The first-order valence-corrected chi connectivity index (χ1v) is 12.5. The minimum atomic E-state index is -0.0988. The summed E-state index contributed by atoms with van der Waals surface area (Å²) in [6.07, 6.45) is 7.25. The largest absolute Gasteiger partial charge is 0.327 e. The summed E-state index contributed by atoms with van der Waals surface area (Å²) >= 11 is 0. The third kappa shape index (κ3) is 5.34. The molecule has 34 heavy (non-hydrogen) atoms. The number of amides is 2. The number of benzene rings is 1. The number of carbonyl (C=O) groups is 2. The van der Waals surface area contributed by atoms with Crippen molar-refractivity contribution in [2.75, 3.05) is 30.3 Å². The molecule has 1 saturated heterocycles. The number of aromatic nitrogens is 1. The Bertz CT molecular complexity index is 1050. The summed E-state index contributed by atoms with van der Waals surface area (Å²) < 4.78 is 2.20. The monoisotopic (exact) mass is 461 g/mol. The highest BCUT2D eigenvalue weighted by Crippen LogP contribution is 2.36. The van der Waals surface area contributed by atoms with E-state index in [0.29, 0.717) is 30.5 Å². The van der Waals surface area contributed by atoms with Crippen molar-refractivity contribution in [3.8, 4) is 6.07 Å². The van der Waals surface area contributed by atoms with Gasteiger partial charge >= 0.3 is 0 Å². The van der Waals surface area contributed by atoms with E-state index in [2.05, 4.69) is 26.2 Å². The van der Waals surface area contributed by atoms with E-state index >= 15 is 0 Å². The summed E-state index contributed by atoms with van der Waals surface area (Å²) in [5.41, 5.74) is 3.42. The third-order valence-corrected chi connectivity index (χ3v) is 7.43. The lowest BCUT2D eigenvalue weighted by molar-refractivity contribution is -0.121. The van der Waals surface area contributed by atoms with Crippen LogP contribution in [0.4, 0.5) is 11.5 Å². The van der Waals surface area contributed by atoms with Crippen LogP contribution >= 0.6 is 0 Å². The smallest absolute Gasteiger partial charge is 0.239 e. The van der Waals surface area contributed by atoms with Gasteiger partial charge in [0.1, 0.15) is 11.9 Å². The summed E-state index contributed by atoms with van der Waals surface area (Å²) in [5.74, 6) is 0.563. The van der Waals surface area contributed by atoms with Gasteiger partial charge in [-0.25, -0.2) is 0 Å². The fraction of sp³-hybridized carbons (Fsp3) is 0.519. The molecule has 2 amide bonds. The molecule has 0 atom stereocenters. The van der Waals surface area contributed by atoms with E-state index < -0.39 is 0 Å². The normalized spacial score (nSPS) is 17.8. The maximum atomic E-state index is 13.0. The van der Waals surface area contributed by atoms with Crippen molar-refractivity contribution in [1.82, 2.24) is 9.47 Å². The highest BCUT2D eigenvalue weighted by atomic mass is 16.2. The quantitative estimate of drug-likeness (QED) is 0.648. The predicted octanol–water partition coefficient (Wildman–Crippen LogP) is 4.77. The lowest BCUT2D eigenvalue weighted by Crippen LogP contribution is -2.42. The van der Waals surface area contributed by atoms with Gasteiger partial charge in [-0.2, -0.15) is 5.26 Å². The van der Waals surface area contributed by atoms with Crippen molar-refractivity contribution in [3.05, 3.63) is 47.2 Å². The number of hydrogen-bond donors (Lipinski definition) is 2. The second-order valence-corrected chi connectivity index (χ2v) is 9.66. The van der Waals surface area contributed by atoms with E-state index in [9.17, 15) is 14.9 Å². The van der Waals surface area contributed by atoms with Crippen LogP contribution in [0.5, 0.6) is 0 Å². The van der Waals surface area contributed by atoms with E-state index in [1.54, 1.807) is 0 Å². The Morgan fingerprint density at radius 1 is 1.00 bits per heavy atom. The Morgan fingerprint density at radius 3 is 2.32 bits per heavy atom. The topological polar surface area (TPSA) is 90.2 Å². The first-order chi connectivity index (χ1) is 16.5. The molecule has 0 radical (unpaired) electrons. The number of nitriles is 1. The number of nitrogens with zero attached hydrogens (tertiary/aromatic N) is 3. The number of hydrogen-bond acceptors (Lipinski definition) is 4. The Kier molecular flexibility index (Phi) is 7.69. The molecule has 1 saturated carbocycles. The number of anilines is 2. The lowest BCUT2D eigenvalue weighted by atomic mass is 9.95. The van der Waals surface area contributed by atoms with Crippen molar-refractivity contribution in [1.29, 1.82) is 5.26 Å². The molecule has 2 aromatic rings. The third-order valence-electron chi connectivity index (χ3n) is 7.43. The molecule has 7 heteroatoms. The molecule has 1 aromatic heterocycles. The number of nitrogens with one attached hydrogen (secondary N) is 2. The van der Waals surface area contributed by atoms with E-state index in [1.165, 1.54) is 19.3 Å². The van der Waals surface area contributed by atoms with Crippen LogP contribution in [0.1, 0.15) is 67.8 Å². The fourth-order valence-electron chi connectivity index (χ4n) is 5.38. The van der Waals surface area contributed by atoms with Gasteiger partial charge in [0.15, 0.2) is 0 Å². The van der Waals surface area contributed by atoms with Crippen LogP contribution in [0, 0.1) is 31.1 Å². The van der Waals surface area contributed by atoms with Crippen LogP contribution in [0.3, 0.4) is 0 Å². The minimum absolute atomic E-state index is 0.0430. The highest BCUT2D eigenvalue weighted by molar-refractivity contribution is 5.94. The fourth-order valence-corrected chi connectivity index (χ4v) is 5.38. The summed E-state index contributed by atoms with van der Waals surface area (Å²) in [5, 5.41) is 15.9. The van der Waals surface area contributed by atoms with Crippen LogP contribution < -0.4 is 10.6 Å². The van der Waals surface area contributed by atoms with E-state index in [-0.39, 0.29) is 24.3 Å². The molecule has 1 aliphatic carbocycles. The van der Waals surface area contributed by atoms with Crippen molar-refractivity contribution >= 4 is 23.3 Å². The van der Waals surface area contributed by atoms with Gasteiger partial charge in [0, 0.05) is 23.3 Å². The molecule has 1 aromatic carbocycles. The zero-order chi connectivity index (χ0) is 24.1. The SMILES string of the molecule is Cc1c(C#N)c(NC(=O)CN2CCC(C(=O)Nc3ccccc3)CC2)n(C2CCCCC2)c1C. The predicted molar refractivity (Wildman–Crippen MR) is 134 cm³/mol. The number of likely N-dealkylation sites (tertiary alicyclic amines) is 1. The van der Waals surface area contributed by atoms with Crippen LogP contribution in [0.15, 0.2) is 30.3 Å². The summed E-state index contributed by atoms with van der Waals surface area (Å²) in [6, 6.07) is 12.2. The molecule has 1 aliphatic heterocycles. The second kappa shape index (κ2) is 10.9. The number of rotatable bonds is 6. The second-order valence-electron chi connectivity index (χ2n) is 9.66. The molecule has 2 heterocycles. The number of carbonyl (C=O) groups excluding carboxylic acids is 2. The maximum Gasteiger partial charge on any atom is 0.239 e. The summed E-state index contributed by atoms with van der Waals surface area (Å²) in [6.45, 7) is 5.69. The van der Waals surface area contributed by atoms with Gasteiger partial charge in [0.25, 0.3) is 0 Å². The average Bonchev–Trinajstić information content (AvgIpc) is 3.09. The molecular formula is C27H35N5O2. The van der Waals surface area contributed by atoms with Gasteiger partial charge in [0.2, 0.25) is 11.8 Å². The van der Waals surface area contributed by atoms with Crippen molar-refractivity contribution < 1.29 is 9.59 Å². The number of piperidine rings is 1. The van der Waals surface area contributed by atoms with Gasteiger partial charge in [0.05, 0.1) is 12.1 Å². The molecule has 0 spiro atoms. The zero-order valence-electron chi connectivity index (χ0n) is 20.3. The van der Waals surface area contributed by atoms with Gasteiger partial charge < -0.3 is 15.2 Å². The van der Waals surface area contributed by atoms with Crippen LogP contribution in [0.25, 0.3) is 0 Å². The van der Waals surface area contributed by atoms with Crippen molar-refractivity contribution in [2.45, 2.75) is 64.8 Å². The van der Waals surface area contributed by atoms with Gasteiger partial charge in [-0.1, -0.05) is 37.5 Å². The highest BCUT2D eigenvalue weighted by Gasteiger charge is 2.28. The Labute approximate surface area is 202 Å². The van der Waals surface area contributed by atoms with Gasteiger partial charge in [-0.3, -0.25) is 14.5 Å². The molecule has 7 nitrogen and oxygen atoms in total. The molecule has 2 N–H and O–H groups in total. The molecule has 2 aliphatic rings. The summed E-state index contributed by atoms with van der Waals surface area (Å²) in [4.78, 5) is 27.7. The standard InChI is InChI=1S/C27H35N5O2/c1-19-20(2)32(23-11-7-4-8-12-23)26(24(19)17-28)30-25(33)18-31-15-13-21(14-16-31)27(34)29-22-9-5-3-6-10-22/h3,5-6,9-10,21,23H,4,7-8,11-16,18H2,1-2H3,(H,29,34)(H,30,33). The lowest BCUT2D eigenvalue weighted by Gasteiger charge is -2.31. The molecular weight excluding hydrogens is 426 g/mol. The molecule has 0 unspecified atom stereocenters. The average molecular weight is 462 g/mol. The van der Waals surface area contributed by atoms with Crippen LogP contribution in [-0.2, 0) is 9.59 Å². The zero-order valence-corrected chi connectivity index (χ0v) is 20.3. The maximum absolute atomic E-state index is 13.0. The van der Waals surface area contributed by atoms with Crippen LogP contribution in [-0.4, -0.2) is 40.9 Å². The first-order valence-electron chi connectivity index (χ1n) is 12.5. The first kappa shape index (κ1) is 24.0. The Morgan fingerprint density at radius 2 is 1.68 bits per heavy atom. The van der Waals surface area contributed by atoms with Gasteiger partial charge in [-0.05, 0) is 70.3 Å².